The molecule has 1 aliphatic heterocycles. The summed E-state index contributed by atoms with van der Waals surface area (Å²) in [5, 5.41) is 6.71. The predicted molar refractivity (Wildman–Crippen MR) is 110 cm³/mol. The molecule has 6 nitrogen and oxygen atoms in total. The largest absolute Gasteiger partial charge is 0.497 e. The van der Waals surface area contributed by atoms with E-state index in [1.807, 2.05) is 30.3 Å². The Balaban J connectivity index is 1.53. The van der Waals surface area contributed by atoms with Crippen molar-refractivity contribution in [3.63, 3.8) is 0 Å². The molecular formula is C21H19ClN4O2. The van der Waals surface area contributed by atoms with E-state index in [9.17, 15) is 4.79 Å². The van der Waals surface area contributed by atoms with Crippen LogP contribution in [-0.2, 0) is 17.6 Å². The van der Waals surface area contributed by atoms with Gasteiger partial charge in [-0.15, -0.1) is 0 Å². The Hall–Kier alpha value is -3.12. The van der Waals surface area contributed by atoms with Crippen LogP contribution in [0.4, 0.5) is 11.6 Å². The van der Waals surface area contributed by atoms with Gasteiger partial charge in [-0.1, -0.05) is 23.7 Å². The fourth-order valence-corrected chi connectivity index (χ4v) is 3.33. The van der Waals surface area contributed by atoms with Crippen molar-refractivity contribution in [3.05, 3.63) is 64.8 Å². The third-order valence-corrected chi connectivity index (χ3v) is 4.82. The minimum atomic E-state index is -0.105. The van der Waals surface area contributed by atoms with E-state index in [1.165, 1.54) is 5.56 Å². The lowest BCUT2D eigenvalue weighted by Crippen LogP contribution is -2.13. The van der Waals surface area contributed by atoms with Crippen LogP contribution in [-0.4, -0.2) is 29.5 Å². The number of rotatable bonds is 5. The molecule has 0 saturated heterocycles. The topological polar surface area (TPSA) is 76.1 Å². The maximum absolute atomic E-state index is 12.1. The maximum atomic E-state index is 12.1. The van der Waals surface area contributed by atoms with Gasteiger partial charge in [-0.2, -0.15) is 0 Å². The number of ether oxygens (including phenoxy) is 1. The minimum absolute atomic E-state index is 0.105. The van der Waals surface area contributed by atoms with Crippen molar-refractivity contribution in [2.24, 2.45) is 0 Å². The molecule has 2 heterocycles. The summed E-state index contributed by atoms with van der Waals surface area (Å²) in [5.41, 5.74) is 4.23. The molecule has 0 radical (unpaired) electrons. The van der Waals surface area contributed by atoms with Crippen molar-refractivity contribution in [2.75, 3.05) is 24.3 Å². The van der Waals surface area contributed by atoms with Gasteiger partial charge in [0.15, 0.2) is 0 Å². The van der Waals surface area contributed by atoms with Crippen LogP contribution in [0.3, 0.4) is 0 Å². The van der Waals surface area contributed by atoms with Gasteiger partial charge >= 0.3 is 0 Å². The summed E-state index contributed by atoms with van der Waals surface area (Å²) in [6.45, 7) is 0.690. The van der Waals surface area contributed by atoms with Crippen LogP contribution in [0.2, 0.25) is 5.02 Å². The predicted octanol–water partition coefficient (Wildman–Crippen LogP) is 3.95. The Bertz CT molecular complexity index is 1020. The Labute approximate surface area is 167 Å². The number of anilines is 2. The van der Waals surface area contributed by atoms with Crippen LogP contribution in [0.5, 0.6) is 5.75 Å². The molecule has 4 rings (SSSR count). The first-order valence-electron chi connectivity index (χ1n) is 8.95. The summed E-state index contributed by atoms with van der Waals surface area (Å²) >= 11 is 6.08. The van der Waals surface area contributed by atoms with Gasteiger partial charge in [0.25, 0.3) is 0 Å². The van der Waals surface area contributed by atoms with Crippen molar-refractivity contribution < 1.29 is 9.53 Å². The number of benzene rings is 2. The zero-order valence-corrected chi connectivity index (χ0v) is 16.1. The number of methoxy groups -OCH3 is 1. The number of fused-ring (bicyclic) bond motifs is 3. The molecule has 0 bridgehead atoms. The van der Waals surface area contributed by atoms with Gasteiger partial charge in [0.05, 0.1) is 24.9 Å². The fourth-order valence-electron chi connectivity index (χ4n) is 3.16. The first kappa shape index (κ1) is 18.3. The fraction of sp³-hybridized carbons (Fsp3) is 0.190. The van der Waals surface area contributed by atoms with Gasteiger partial charge in [0.1, 0.15) is 5.75 Å². The number of hydrogen-bond acceptors (Lipinski definition) is 5. The van der Waals surface area contributed by atoms with Crippen LogP contribution < -0.4 is 15.4 Å². The highest BCUT2D eigenvalue weighted by molar-refractivity contribution is 6.31. The van der Waals surface area contributed by atoms with Crippen molar-refractivity contribution in [1.82, 2.24) is 9.97 Å². The van der Waals surface area contributed by atoms with Crippen LogP contribution in [0.1, 0.15) is 11.1 Å². The second-order valence-electron chi connectivity index (χ2n) is 6.51. The molecular weight excluding hydrogens is 376 g/mol. The van der Waals surface area contributed by atoms with E-state index < -0.39 is 0 Å². The van der Waals surface area contributed by atoms with Crippen LogP contribution in [0.15, 0.2) is 48.7 Å². The second kappa shape index (κ2) is 7.86. The van der Waals surface area contributed by atoms with E-state index in [0.29, 0.717) is 23.2 Å². The lowest BCUT2D eigenvalue weighted by molar-refractivity contribution is -0.115. The van der Waals surface area contributed by atoms with Crippen LogP contribution in [0.25, 0.3) is 11.3 Å². The van der Waals surface area contributed by atoms with Gasteiger partial charge in [-0.05, 0) is 42.3 Å². The Morgan fingerprint density at radius 2 is 2.04 bits per heavy atom. The van der Waals surface area contributed by atoms with Crippen LogP contribution in [0, 0.1) is 0 Å². The monoisotopic (exact) mass is 394 g/mol. The van der Waals surface area contributed by atoms with Crippen molar-refractivity contribution >= 4 is 29.1 Å². The minimum Gasteiger partial charge on any atom is -0.497 e. The first-order chi connectivity index (χ1) is 13.6. The molecule has 0 aliphatic carbocycles. The van der Waals surface area contributed by atoms with E-state index in [0.717, 1.165) is 29.0 Å². The molecule has 1 aromatic heterocycles. The third-order valence-electron chi connectivity index (χ3n) is 4.58. The summed E-state index contributed by atoms with van der Waals surface area (Å²) in [6, 6.07) is 13.4. The number of halogens is 1. The smallest absolute Gasteiger partial charge is 0.228 e. The van der Waals surface area contributed by atoms with Gasteiger partial charge < -0.3 is 15.4 Å². The van der Waals surface area contributed by atoms with Gasteiger partial charge in [-0.25, -0.2) is 9.97 Å². The molecule has 0 fully saturated rings. The van der Waals surface area contributed by atoms with Gasteiger partial charge in [0.2, 0.25) is 11.9 Å². The number of aromatic nitrogens is 2. The van der Waals surface area contributed by atoms with E-state index in [4.69, 9.17) is 16.3 Å². The zero-order valence-electron chi connectivity index (χ0n) is 15.3. The standard InChI is InChI=1S/C21H19ClN4O2/c1-28-16-5-2-13(3-6-16)8-9-23-21-24-12-14-10-19(27)25-18-11-15(22)4-7-17(18)20(14)26-21/h2-7,11-12H,8-10H2,1H3,(H,25,27)(H,23,24,26). The summed E-state index contributed by atoms with van der Waals surface area (Å²) in [5.74, 6) is 1.27. The summed E-state index contributed by atoms with van der Waals surface area (Å²) < 4.78 is 5.18. The van der Waals surface area contributed by atoms with E-state index in [-0.39, 0.29) is 12.3 Å². The maximum Gasteiger partial charge on any atom is 0.228 e. The highest BCUT2D eigenvalue weighted by Crippen LogP contribution is 2.34. The Morgan fingerprint density at radius 1 is 1.21 bits per heavy atom. The quantitative estimate of drug-likeness (QED) is 0.685. The molecule has 1 aliphatic rings. The Morgan fingerprint density at radius 3 is 2.82 bits per heavy atom. The number of hydrogen-bond donors (Lipinski definition) is 2. The van der Waals surface area contributed by atoms with Crippen molar-refractivity contribution in [3.8, 4) is 17.0 Å². The second-order valence-corrected chi connectivity index (χ2v) is 6.94. The molecule has 0 atom stereocenters. The van der Waals surface area contributed by atoms with E-state index in [1.54, 1.807) is 25.4 Å². The van der Waals surface area contributed by atoms with E-state index in [2.05, 4.69) is 20.6 Å². The highest BCUT2D eigenvalue weighted by atomic mass is 35.5. The van der Waals surface area contributed by atoms with Crippen molar-refractivity contribution in [1.29, 1.82) is 0 Å². The third kappa shape index (κ3) is 3.92. The summed E-state index contributed by atoms with van der Waals surface area (Å²) in [4.78, 5) is 21.2. The lowest BCUT2D eigenvalue weighted by Gasteiger charge is -2.11. The van der Waals surface area contributed by atoms with Crippen molar-refractivity contribution in [2.45, 2.75) is 12.8 Å². The van der Waals surface area contributed by atoms with Gasteiger partial charge in [-0.3, -0.25) is 4.79 Å². The molecule has 3 aromatic rings. The number of nitrogens with zero attached hydrogens (tertiary/aromatic N) is 2. The average molecular weight is 395 g/mol. The molecule has 142 valence electrons. The highest BCUT2D eigenvalue weighted by Gasteiger charge is 2.21. The molecule has 0 saturated carbocycles. The molecule has 2 N–H and O–H groups in total. The SMILES string of the molecule is COc1ccc(CCNc2ncc3c(n2)-c2ccc(Cl)cc2NC(=O)C3)cc1. The molecule has 28 heavy (non-hydrogen) atoms. The van der Waals surface area contributed by atoms with E-state index >= 15 is 0 Å². The molecule has 7 heteroatoms. The molecule has 2 aromatic carbocycles. The van der Waals surface area contributed by atoms with Crippen LogP contribution >= 0.6 is 11.6 Å². The number of carbonyl (C=O) groups is 1. The molecule has 0 unspecified atom stereocenters. The average Bonchev–Trinajstić information content (AvgIpc) is 2.83. The van der Waals surface area contributed by atoms with Gasteiger partial charge in [0, 0.05) is 28.9 Å². The number of amides is 1. The Kier molecular flexibility index (Phi) is 5.12. The summed E-state index contributed by atoms with van der Waals surface area (Å²) in [6.07, 6.45) is 2.77. The summed E-state index contributed by atoms with van der Waals surface area (Å²) in [7, 11) is 1.65. The molecule has 1 amide bonds. The number of nitrogens with one attached hydrogen (secondary N) is 2. The number of carbonyl (C=O) groups excluding carboxylic acids is 1. The normalized spacial score (nSPS) is 12.4. The lowest BCUT2D eigenvalue weighted by atomic mass is 10.1. The zero-order chi connectivity index (χ0) is 19.5. The molecule has 0 spiro atoms. The first-order valence-corrected chi connectivity index (χ1v) is 9.32.